The smallest absolute Gasteiger partial charge is 0.241 e. The van der Waals surface area contributed by atoms with Crippen molar-refractivity contribution in [3.63, 3.8) is 0 Å². The largest absolute Gasteiger partial charge is 0.497 e. The van der Waals surface area contributed by atoms with Gasteiger partial charge in [0.2, 0.25) is 10.0 Å². The standard InChI is InChI=1S/C20H25NO3S/c1-13-10-19(24-4)11-14(2)20(13)25(22,23)21-15(3)17-9-8-16-6-5-7-18(16)12-17/h8-12,15,21H,5-7H2,1-4H3. The molecule has 0 spiro atoms. The van der Waals surface area contributed by atoms with Crippen molar-refractivity contribution < 1.29 is 13.2 Å². The molecule has 5 heteroatoms. The van der Waals surface area contributed by atoms with Gasteiger partial charge in [0.05, 0.1) is 12.0 Å². The van der Waals surface area contributed by atoms with Gasteiger partial charge < -0.3 is 4.74 Å². The fraction of sp³-hybridized carbons (Fsp3) is 0.400. The SMILES string of the molecule is COc1cc(C)c(S(=O)(=O)NC(C)c2ccc3c(c2)CCC3)c(C)c1. The highest BCUT2D eigenvalue weighted by molar-refractivity contribution is 7.89. The first kappa shape index (κ1) is 18.0. The highest BCUT2D eigenvalue weighted by atomic mass is 32.2. The minimum Gasteiger partial charge on any atom is -0.497 e. The van der Waals surface area contributed by atoms with Gasteiger partial charge in [0, 0.05) is 6.04 Å². The van der Waals surface area contributed by atoms with Gasteiger partial charge in [-0.05, 0) is 80.0 Å². The third-order valence-electron chi connectivity index (χ3n) is 4.89. The first-order valence-electron chi connectivity index (χ1n) is 8.61. The maximum atomic E-state index is 12.9. The highest BCUT2D eigenvalue weighted by Crippen LogP contribution is 2.29. The Morgan fingerprint density at radius 3 is 2.32 bits per heavy atom. The maximum Gasteiger partial charge on any atom is 0.241 e. The fourth-order valence-electron chi connectivity index (χ4n) is 3.67. The lowest BCUT2D eigenvalue weighted by atomic mass is 10.0. The Balaban J connectivity index is 1.89. The molecule has 0 aromatic heterocycles. The van der Waals surface area contributed by atoms with Gasteiger partial charge in [-0.2, -0.15) is 0 Å². The number of fused-ring (bicyclic) bond motifs is 1. The molecule has 1 aliphatic carbocycles. The Morgan fingerprint density at radius 1 is 1.04 bits per heavy atom. The molecule has 25 heavy (non-hydrogen) atoms. The van der Waals surface area contributed by atoms with Crippen LogP contribution in [0.2, 0.25) is 0 Å². The van der Waals surface area contributed by atoms with E-state index in [-0.39, 0.29) is 6.04 Å². The lowest BCUT2D eigenvalue weighted by Gasteiger charge is -2.18. The lowest BCUT2D eigenvalue weighted by Crippen LogP contribution is -2.28. The number of ether oxygens (including phenoxy) is 1. The van der Waals surface area contributed by atoms with E-state index < -0.39 is 10.0 Å². The molecule has 0 amide bonds. The molecule has 4 nitrogen and oxygen atoms in total. The summed E-state index contributed by atoms with van der Waals surface area (Å²) in [5.74, 6) is 0.667. The fourth-order valence-corrected chi connectivity index (χ4v) is 5.36. The van der Waals surface area contributed by atoms with E-state index in [0.717, 1.165) is 18.4 Å². The third kappa shape index (κ3) is 3.58. The molecule has 1 atom stereocenters. The molecule has 2 aromatic rings. The molecule has 0 fully saturated rings. The van der Waals surface area contributed by atoms with Crippen LogP contribution in [0, 0.1) is 13.8 Å². The first-order valence-corrected chi connectivity index (χ1v) is 10.1. The van der Waals surface area contributed by atoms with Gasteiger partial charge in [-0.1, -0.05) is 18.2 Å². The highest BCUT2D eigenvalue weighted by Gasteiger charge is 2.24. The van der Waals surface area contributed by atoms with Crippen LogP contribution < -0.4 is 9.46 Å². The van der Waals surface area contributed by atoms with Crippen molar-refractivity contribution in [2.24, 2.45) is 0 Å². The van der Waals surface area contributed by atoms with Crippen LogP contribution in [0.15, 0.2) is 35.2 Å². The third-order valence-corrected chi connectivity index (χ3v) is 6.74. The van der Waals surface area contributed by atoms with Crippen LogP contribution in [-0.4, -0.2) is 15.5 Å². The van der Waals surface area contributed by atoms with Crippen molar-refractivity contribution in [2.75, 3.05) is 7.11 Å². The van der Waals surface area contributed by atoms with Gasteiger partial charge in [0.25, 0.3) is 0 Å². The Kier molecular flexibility index (Phi) is 4.89. The van der Waals surface area contributed by atoms with E-state index in [1.165, 1.54) is 17.5 Å². The number of nitrogens with one attached hydrogen (secondary N) is 1. The molecule has 0 bridgehead atoms. The van der Waals surface area contributed by atoms with Crippen molar-refractivity contribution in [3.8, 4) is 5.75 Å². The average Bonchev–Trinajstić information content (AvgIpc) is 3.00. The van der Waals surface area contributed by atoms with Gasteiger partial charge >= 0.3 is 0 Å². The zero-order valence-electron chi connectivity index (χ0n) is 15.2. The summed E-state index contributed by atoms with van der Waals surface area (Å²) in [6.07, 6.45) is 3.39. The van der Waals surface area contributed by atoms with E-state index in [0.29, 0.717) is 21.8 Å². The van der Waals surface area contributed by atoms with E-state index in [9.17, 15) is 8.42 Å². The number of aryl methyl sites for hydroxylation is 4. The second kappa shape index (κ2) is 6.81. The van der Waals surface area contributed by atoms with Crippen LogP contribution in [0.1, 0.15) is 47.2 Å². The number of hydrogen-bond acceptors (Lipinski definition) is 3. The van der Waals surface area contributed by atoms with Crippen LogP contribution in [0.3, 0.4) is 0 Å². The number of rotatable bonds is 5. The summed E-state index contributed by atoms with van der Waals surface area (Å²) in [6, 6.07) is 9.53. The molecular weight excluding hydrogens is 334 g/mol. The molecule has 0 saturated heterocycles. The number of methoxy groups -OCH3 is 1. The molecule has 1 N–H and O–H groups in total. The Labute approximate surface area is 150 Å². The molecule has 0 aliphatic heterocycles. The van der Waals surface area contributed by atoms with Crippen LogP contribution >= 0.6 is 0 Å². The Morgan fingerprint density at radius 2 is 1.68 bits per heavy atom. The summed E-state index contributed by atoms with van der Waals surface area (Å²) >= 11 is 0. The quantitative estimate of drug-likeness (QED) is 0.882. The summed E-state index contributed by atoms with van der Waals surface area (Å²) in [6.45, 7) is 5.48. The first-order chi connectivity index (χ1) is 11.8. The average molecular weight is 359 g/mol. The number of benzene rings is 2. The van der Waals surface area contributed by atoms with Crippen molar-refractivity contribution >= 4 is 10.0 Å². The molecule has 134 valence electrons. The lowest BCUT2D eigenvalue weighted by molar-refractivity contribution is 0.413. The topological polar surface area (TPSA) is 55.4 Å². The van der Waals surface area contributed by atoms with E-state index >= 15 is 0 Å². The van der Waals surface area contributed by atoms with Gasteiger partial charge in [-0.15, -0.1) is 0 Å². The minimum atomic E-state index is -3.61. The minimum absolute atomic E-state index is 0.281. The summed E-state index contributed by atoms with van der Waals surface area (Å²) in [4.78, 5) is 0.335. The second-order valence-electron chi connectivity index (χ2n) is 6.81. The molecule has 0 radical (unpaired) electrons. The molecule has 1 unspecified atom stereocenters. The van der Waals surface area contributed by atoms with Crippen molar-refractivity contribution in [1.29, 1.82) is 0 Å². The van der Waals surface area contributed by atoms with E-state index in [2.05, 4.69) is 16.9 Å². The van der Waals surface area contributed by atoms with Crippen LogP contribution in [0.5, 0.6) is 5.75 Å². The van der Waals surface area contributed by atoms with Crippen molar-refractivity contribution in [1.82, 2.24) is 4.72 Å². The molecule has 0 heterocycles. The zero-order chi connectivity index (χ0) is 18.2. The maximum absolute atomic E-state index is 12.9. The van der Waals surface area contributed by atoms with Gasteiger partial charge in [-0.3, -0.25) is 0 Å². The van der Waals surface area contributed by atoms with E-state index in [1.807, 2.05) is 13.0 Å². The summed E-state index contributed by atoms with van der Waals surface area (Å²) in [5.41, 5.74) is 5.12. The van der Waals surface area contributed by atoms with Gasteiger partial charge in [0.15, 0.2) is 0 Å². The number of hydrogen-bond donors (Lipinski definition) is 1. The monoisotopic (exact) mass is 359 g/mol. The molecular formula is C20H25NO3S. The molecule has 1 aliphatic rings. The summed E-state index contributed by atoms with van der Waals surface area (Å²) in [5, 5.41) is 0. The predicted molar refractivity (Wildman–Crippen MR) is 99.7 cm³/mol. The van der Waals surface area contributed by atoms with Crippen LogP contribution in [-0.2, 0) is 22.9 Å². The second-order valence-corrected chi connectivity index (χ2v) is 8.47. The summed E-state index contributed by atoms with van der Waals surface area (Å²) < 4.78 is 33.9. The predicted octanol–water partition coefficient (Wildman–Crippen LogP) is 3.84. The zero-order valence-corrected chi connectivity index (χ0v) is 16.0. The molecule has 3 rings (SSSR count). The Hall–Kier alpha value is -1.85. The van der Waals surface area contributed by atoms with Crippen molar-refractivity contribution in [3.05, 3.63) is 58.1 Å². The normalized spacial score (nSPS) is 15.0. The number of sulfonamides is 1. The van der Waals surface area contributed by atoms with E-state index in [1.54, 1.807) is 33.1 Å². The van der Waals surface area contributed by atoms with Crippen molar-refractivity contribution in [2.45, 2.75) is 51.0 Å². The van der Waals surface area contributed by atoms with Crippen LogP contribution in [0.4, 0.5) is 0 Å². The molecule has 2 aromatic carbocycles. The van der Waals surface area contributed by atoms with Crippen LogP contribution in [0.25, 0.3) is 0 Å². The Bertz CT molecular complexity index is 880. The molecule has 0 saturated carbocycles. The summed E-state index contributed by atoms with van der Waals surface area (Å²) in [7, 11) is -2.03. The van der Waals surface area contributed by atoms with Gasteiger partial charge in [0.1, 0.15) is 5.75 Å². The van der Waals surface area contributed by atoms with E-state index in [4.69, 9.17) is 4.74 Å². The van der Waals surface area contributed by atoms with Gasteiger partial charge in [-0.25, -0.2) is 13.1 Å².